The van der Waals surface area contributed by atoms with Crippen molar-refractivity contribution >= 4 is 28.1 Å². The zero-order chi connectivity index (χ0) is 22.3. The van der Waals surface area contributed by atoms with Gasteiger partial charge in [0.05, 0.1) is 7.05 Å². The van der Waals surface area contributed by atoms with Crippen molar-refractivity contribution in [1.29, 1.82) is 0 Å². The number of hydrogen-bond donors (Lipinski definition) is 2. The van der Waals surface area contributed by atoms with Crippen LogP contribution in [0, 0.1) is 11.3 Å². The third-order valence-electron chi connectivity index (χ3n) is 7.34. The van der Waals surface area contributed by atoms with Crippen LogP contribution in [0.2, 0.25) is 0 Å². The Morgan fingerprint density at radius 1 is 1.06 bits per heavy atom. The molecule has 1 saturated heterocycles. The van der Waals surface area contributed by atoms with E-state index in [1.54, 1.807) is 6.33 Å². The summed E-state index contributed by atoms with van der Waals surface area (Å²) in [5.74, 6) is 2.11. The van der Waals surface area contributed by atoms with Crippen molar-refractivity contribution < 1.29 is 0 Å². The van der Waals surface area contributed by atoms with Gasteiger partial charge >= 0.3 is 0 Å². The SMILES string of the molecule is CC(C)(C[N+]1(C)N=C(Cc2cccc3ccccc23)c2c(N)ncnc21)C1CCNCC1. The van der Waals surface area contributed by atoms with E-state index in [9.17, 15) is 0 Å². The summed E-state index contributed by atoms with van der Waals surface area (Å²) in [5, 5.41) is 11.3. The number of anilines is 1. The average Bonchev–Trinajstić information content (AvgIpc) is 3.06. The maximum atomic E-state index is 6.41. The van der Waals surface area contributed by atoms with Crippen LogP contribution in [0.4, 0.5) is 11.6 Å². The van der Waals surface area contributed by atoms with Gasteiger partial charge in [-0.05, 0) is 48.2 Å². The maximum Gasteiger partial charge on any atom is 0.268 e. The first-order valence-corrected chi connectivity index (χ1v) is 11.6. The minimum Gasteiger partial charge on any atom is -0.383 e. The molecule has 0 radical (unpaired) electrons. The number of aromatic nitrogens is 2. The number of fused-ring (bicyclic) bond motifs is 2. The molecule has 166 valence electrons. The predicted octanol–water partition coefficient (Wildman–Crippen LogP) is 4.14. The molecule has 1 atom stereocenters. The highest BCUT2D eigenvalue weighted by molar-refractivity contribution is 6.12. The van der Waals surface area contributed by atoms with Crippen LogP contribution in [0.1, 0.15) is 37.8 Å². The standard InChI is InChI=1S/C26H33N6/c1-26(2,20-11-13-28-14-12-20)16-32(3)25-23(24(27)29-17-30-25)22(31-32)15-19-9-6-8-18-7-4-5-10-21(18)19/h4-10,17,20,28H,11-16H2,1-3H3,(H2,27,29,30)/q+1. The van der Waals surface area contributed by atoms with Crippen molar-refractivity contribution in [2.45, 2.75) is 33.1 Å². The van der Waals surface area contributed by atoms with Crippen molar-refractivity contribution in [3.8, 4) is 0 Å². The number of hydrogen-bond acceptors (Lipinski definition) is 5. The van der Waals surface area contributed by atoms with Crippen LogP contribution in [0.3, 0.4) is 0 Å². The summed E-state index contributed by atoms with van der Waals surface area (Å²) >= 11 is 0. The van der Waals surface area contributed by atoms with Gasteiger partial charge < -0.3 is 11.1 Å². The maximum absolute atomic E-state index is 6.41. The Morgan fingerprint density at radius 3 is 2.62 bits per heavy atom. The van der Waals surface area contributed by atoms with E-state index in [2.05, 4.69) is 73.7 Å². The van der Waals surface area contributed by atoms with Crippen LogP contribution in [0.25, 0.3) is 10.8 Å². The molecule has 3 heterocycles. The molecular formula is C26H33N6+. The lowest BCUT2D eigenvalue weighted by atomic mass is 9.73. The van der Waals surface area contributed by atoms with Gasteiger partial charge in [-0.2, -0.15) is 9.58 Å². The lowest BCUT2D eigenvalue weighted by Crippen LogP contribution is -2.50. The fourth-order valence-electron chi connectivity index (χ4n) is 5.78. The summed E-state index contributed by atoms with van der Waals surface area (Å²) in [6, 6.07) is 15.0. The molecule has 5 rings (SSSR count). The van der Waals surface area contributed by atoms with Crippen LogP contribution in [-0.2, 0) is 6.42 Å². The number of nitrogens with two attached hydrogens (primary N) is 1. The monoisotopic (exact) mass is 429 g/mol. The topological polar surface area (TPSA) is 76.2 Å². The molecule has 6 nitrogen and oxygen atoms in total. The Kier molecular flexibility index (Phi) is 5.22. The smallest absolute Gasteiger partial charge is 0.268 e. The Balaban J connectivity index is 1.54. The molecule has 1 aromatic heterocycles. The zero-order valence-corrected chi connectivity index (χ0v) is 19.3. The number of nitrogens with zero attached hydrogens (tertiary/aromatic N) is 4. The zero-order valence-electron chi connectivity index (χ0n) is 19.3. The van der Waals surface area contributed by atoms with Crippen molar-refractivity contribution in [1.82, 2.24) is 19.9 Å². The van der Waals surface area contributed by atoms with Gasteiger partial charge in [-0.15, -0.1) is 0 Å². The molecule has 2 aliphatic rings. The van der Waals surface area contributed by atoms with Crippen LogP contribution < -0.4 is 15.6 Å². The first-order chi connectivity index (χ1) is 15.4. The summed E-state index contributed by atoms with van der Waals surface area (Å²) in [6.45, 7) is 7.85. The molecule has 6 heteroatoms. The molecule has 32 heavy (non-hydrogen) atoms. The molecule has 1 unspecified atom stereocenters. The molecule has 1 fully saturated rings. The highest BCUT2D eigenvalue weighted by Crippen LogP contribution is 2.42. The molecule has 3 N–H and O–H groups in total. The van der Waals surface area contributed by atoms with Gasteiger partial charge in [-0.25, -0.2) is 4.98 Å². The lowest BCUT2D eigenvalue weighted by Gasteiger charge is -2.40. The minimum absolute atomic E-state index is 0.131. The van der Waals surface area contributed by atoms with Gasteiger partial charge in [-0.1, -0.05) is 61.4 Å². The first kappa shape index (κ1) is 21.0. The number of nitrogen functional groups attached to an aromatic ring is 1. The Bertz CT molecular complexity index is 1170. The summed E-state index contributed by atoms with van der Waals surface area (Å²) in [6.07, 6.45) is 4.71. The summed E-state index contributed by atoms with van der Waals surface area (Å²) in [7, 11) is 2.17. The second-order valence-electron chi connectivity index (χ2n) is 10.1. The highest BCUT2D eigenvalue weighted by Gasteiger charge is 2.46. The predicted molar refractivity (Wildman–Crippen MR) is 133 cm³/mol. The molecular weight excluding hydrogens is 396 g/mol. The Morgan fingerprint density at radius 2 is 1.81 bits per heavy atom. The fourth-order valence-corrected chi connectivity index (χ4v) is 5.78. The van der Waals surface area contributed by atoms with E-state index >= 15 is 0 Å². The van der Waals surface area contributed by atoms with Crippen molar-refractivity contribution in [2.75, 3.05) is 32.4 Å². The molecule has 0 spiro atoms. The van der Waals surface area contributed by atoms with Gasteiger partial charge in [0.25, 0.3) is 5.82 Å². The largest absolute Gasteiger partial charge is 0.383 e. The molecule has 0 bridgehead atoms. The van der Waals surface area contributed by atoms with E-state index in [-0.39, 0.29) is 5.41 Å². The molecule has 0 amide bonds. The third kappa shape index (κ3) is 3.67. The van der Waals surface area contributed by atoms with E-state index in [0.717, 1.165) is 36.7 Å². The van der Waals surface area contributed by atoms with Gasteiger partial charge in [0, 0.05) is 11.8 Å². The van der Waals surface area contributed by atoms with Crippen LogP contribution in [-0.4, -0.2) is 42.4 Å². The molecule has 2 aliphatic heterocycles. The fraction of sp³-hybridized carbons (Fsp3) is 0.423. The second-order valence-corrected chi connectivity index (χ2v) is 10.1. The van der Waals surface area contributed by atoms with E-state index < -0.39 is 0 Å². The van der Waals surface area contributed by atoms with Crippen molar-refractivity contribution in [3.05, 3.63) is 59.9 Å². The van der Waals surface area contributed by atoms with Gasteiger partial charge in [0.1, 0.15) is 30.0 Å². The van der Waals surface area contributed by atoms with E-state index in [1.165, 1.54) is 29.2 Å². The van der Waals surface area contributed by atoms with Gasteiger partial charge in [0.2, 0.25) is 0 Å². The number of rotatable bonds is 5. The van der Waals surface area contributed by atoms with Gasteiger partial charge in [0.15, 0.2) is 0 Å². The number of nitrogens with one attached hydrogen (secondary N) is 1. The summed E-state index contributed by atoms with van der Waals surface area (Å²) in [5.41, 5.74) is 9.69. The highest BCUT2D eigenvalue weighted by atomic mass is 15.6. The Labute approximate surface area is 190 Å². The number of quaternary nitrogens is 1. The molecule has 2 aromatic carbocycles. The summed E-state index contributed by atoms with van der Waals surface area (Å²) in [4.78, 5) is 9.04. The van der Waals surface area contributed by atoms with Crippen LogP contribution in [0.5, 0.6) is 0 Å². The van der Waals surface area contributed by atoms with E-state index in [4.69, 9.17) is 15.8 Å². The normalized spacial score (nSPS) is 21.5. The quantitative estimate of drug-likeness (QED) is 0.598. The summed E-state index contributed by atoms with van der Waals surface area (Å²) < 4.78 is 0.430. The van der Waals surface area contributed by atoms with E-state index in [0.29, 0.717) is 22.7 Å². The van der Waals surface area contributed by atoms with Crippen molar-refractivity contribution in [2.24, 2.45) is 16.4 Å². The Hall–Kier alpha value is -2.83. The lowest BCUT2D eigenvalue weighted by molar-refractivity contribution is 0.114. The van der Waals surface area contributed by atoms with Crippen LogP contribution in [0.15, 0.2) is 53.9 Å². The molecule has 3 aromatic rings. The van der Waals surface area contributed by atoms with E-state index in [1.807, 2.05) is 0 Å². The minimum atomic E-state index is 0.131. The number of piperidine rings is 1. The average molecular weight is 430 g/mol. The molecule has 0 saturated carbocycles. The van der Waals surface area contributed by atoms with Gasteiger partial charge in [-0.3, -0.25) is 0 Å². The third-order valence-corrected chi connectivity index (χ3v) is 7.34. The first-order valence-electron chi connectivity index (χ1n) is 11.6. The second kappa shape index (κ2) is 7.94. The van der Waals surface area contributed by atoms with Crippen LogP contribution >= 0.6 is 0 Å². The van der Waals surface area contributed by atoms with Crippen molar-refractivity contribution in [3.63, 3.8) is 0 Å². The molecule has 0 aliphatic carbocycles. The number of benzene rings is 2.